The lowest BCUT2D eigenvalue weighted by atomic mass is 10.1. The number of allylic oxidation sites excluding steroid dienone is 1. The highest BCUT2D eigenvalue weighted by Gasteiger charge is 2.18. The summed E-state index contributed by atoms with van der Waals surface area (Å²) in [5, 5.41) is -0.182. The Balaban J connectivity index is 0.000000465. The van der Waals surface area contributed by atoms with Gasteiger partial charge in [0.25, 0.3) is 0 Å². The number of amides is 1. The van der Waals surface area contributed by atoms with Gasteiger partial charge in [0.15, 0.2) is 0 Å². The summed E-state index contributed by atoms with van der Waals surface area (Å²) in [6.07, 6.45) is 14.3. The van der Waals surface area contributed by atoms with Gasteiger partial charge in [-0.05, 0) is 44.2 Å². The zero-order chi connectivity index (χ0) is 38.2. The lowest BCUT2D eigenvalue weighted by molar-refractivity contribution is -0.116. The summed E-state index contributed by atoms with van der Waals surface area (Å²) in [6, 6.07) is 17.5. The number of carbonyl (C=O) groups excluding carboxylic acids is 3. The Morgan fingerprint density at radius 3 is 1.98 bits per heavy atom. The van der Waals surface area contributed by atoms with Crippen molar-refractivity contribution in [2.24, 2.45) is 0 Å². The fourth-order valence-electron chi connectivity index (χ4n) is 4.91. The first-order valence-electron chi connectivity index (χ1n) is 17.6. The van der Waals surface area contributed by atoms with Crippen LogP contribution in [0.2, 0.25) is 0 Å². The summed E-state index contributed by atoms with van der Waals surface area (Å²) < 4.78 is 38.4. The van der Waals surface area contributed by atoms with Crippen molar-refractivity contribution in [1.29, 1.82) is 0 Å². The Kier molecular flexibility index (Phi) is 21.2. The number of aryl methyl sites for hydroxylation is 1. The number of nitrogen functional groups attached to an aromatic ring is 1. The van der Waals surface area contributed by atoms with E-state index >= 15 is 0 Å². The van der Waals surface area contributed by atoms with Crippen LogP contribution in [0.3, 0.4) is 0 Å². The first-order valence-corrected chi connectivity index (χ1v) is 19.7. The minimum atomic E-state index is -4.23. The van der Waals surface area contributed by atoms with E-state index in [1.807, 2.05) is 12.1 Å². The van der Waals surface area contributed by atoms with E-state index < -0.39 is 16.4 Å². The van der Waals surface area contributed by atoms with Crippen LogP contribution in [0.1, 0.15) is 117 Å². The number of benzene rings is 2. The normalized spacial score (nSPS) is 11.5. The number of rotatable bonds is 22. The number of nitrogens with zero attached hydrogens (tertiary/aromatic N) is 3. The molecule has 2 aromatic carbocycles. The van der Waals surface area contributed by atoms with Crippen LogP contribution in [-0.2, 0) is 30.7 Å². The number of hydrogen-bond donors (Lipinski definition) is 2. The van der Waals surface area contributed by atoms with E-state index in [0.29, 0.717) is 45.9 Å². The van der Waals surface area contributed by atoms with E-state index in [0.717, 1.165) is 24.6 Å². The van der Waals surface area contributed by atoms with Gasteiger partial charge in [0, 0.05) is 34.3 Å². The van der Waals surface area contributed by atoms with E-state index in [1.54, 1.807) is 68.6 Å². The summed E-state index contributed by atoms with van der Waals surface area (Å²) in [7, 11) is -4.23. The van der Waals surface area contributed by atoms with Gasteiger partial charge < -0.3 is 15.4 Å². The smallest absolute Gasteiger partial charge is 0.397 e. The highest BCUT2D eigenvalue weighted by atomic mass is 32.3. The Morgan fingerprint density at radius 2 is 1.44 bits per heavy atom. The minimum Gasteiger partial charge on any atom is -0.462 e. The molecule has 0 saturated carbocycles. The van der Waals surface area contributed by atoms with Crippen molar-refractivity contribution in [3.63, 3.8) is 0 Å². The van der Waals surface area contributed by atoms with Gasteiger partial charge in [-0.2, -0.15) is 8.42 Å². The number of hydrogen-bond acceptors (Lipinski definition) is 11. The zero-order valence-corrected chi connectivity index (χ0v) is 32.0. The minimum absolute atomic E-state index is 0.0396. The molecule has 0 radical (unpaired) electrons. The third-order valence-corrected chi connectivity index (χ3v) is 9.48. The second-order valence-electron chi connectivity index (χ2n) is 12.0. The van der Waals surface area contributed by atoms with Crippen LogP contribution < -0.4 is 5.73 Å². The van der Waals surface area contributed by atoms with Crippen molar-refractivity contribution in [1.82, 2.24) is 14.9 Å². The SMILES string of the molecule is C/C(=C(\CCOC(=O)c1ccccc1)SC(=O)c1ccccc1)N(C=O)Cc1cnc(C)nc1N.CCCCCCCCCCCCOS(=O)(=O)O. The lowest BCUT2D eigenvalue weighted by Crippen LogP contribution is -2.22. The van der Waals surface area contributed by atoms with Gasteiger partial charge in [0.05, 0.1) is 25.3 Å². The monoisotopic (exact) mass is 756 g/mol. The Bertz CT molecular complexity index is 1660. The van der Waals surface area contributed by atoms with Crippen LogP contribution in [-0.4, -0.2) is 58.5 Å². The predicted molar refractivity (Wildman–Crippen MR) is 205 cm³/mol. The van der Waals surface area contributed by atoms with Gasteiger partial charge in [-0.25, -0.2) is 18.9 Å². The molecule has 3 rings (SSSR count). The lowest BCUT2D eigenvalue weighted by Gasteiger charge is -2.22. The topological polar surface area (TPSA) is 179 Å². The van der Waals surface area contributed by atoms with Crippen molar-refractivity contribution in [2.45, 2.75) is 97.9 Å². The number of esters is 1. The molecule has 1 heterocycles. The van der Waals surface area contributed by atoms with Crippen molar-refractivity contribution in [3.8, 4) is 0 Å². The first-order chi connectivity index (χ1) is 24.9. The molecule has 0 unspecified atom stereocenters. The summed E-state index contributed by atoms with van der Waals surface area (Å²) in [6.45, 7) is 5.94. The zero-order valence-electron chi connectivity index (χ0n) is 30.4. The predicted octanol–water partition coefficient (Wildman–Crippen LogP) is 8.10. The Labute approximate surface area is 312 Å². The van der Waals surface area contributed by atoms with Gasteiger partial charge in [0.1, 0.15) is 11.6 Å². The highest BCUT2D eigenvalue weighted by Crippen LogP contribution is 2.30. The summed E-state index contributed by atoms with van der Waals surface area (Å²) >= 11 is 1.00. The van der Waals surface area contributed by atoms with Crippen molar-refractivity contribution in [3.05, 3.63) is 100.0 Å². The van der Waals surface area contributed by atoms with Gasteiger partial charge >= 0.3 is 16.4 Å². The van der Waals surface area contributed by atoms with Gasteiger partial charge in [-0.3, -0.25) is 14.1 Å². The van der Waals surface area contributed by atoms with E-state index in [-0.39, 0.29) is 37.1 Å². The summed E-state index contributed by atoms with van der Waals surface area (Å²) in [5.74, 6) is 0.350. The van der Waals surface area contributed by atoms with Crippen molar-refractivity contribution in [2.75, 3.05) is 18.9 Å². The quantitative estimate of drug-likeness (QED) is 0.0436. The molecule has 284 valence electrons. The van der Waals surface area contributed by atoms with Gasteiger partial charge in [0.2, 0.25) is 11.5 Å². The maximum Gasteiger partial charge on any atom is 0.397 e. The largest absolute Gasteiger partial charge is 0.462 e. The van der Waals surface area contributed by atoms with Gasteiger partial charge in [-0.15, -0.1) is 0 Å². The maximum absolute atomic E-state index is 12.9. The Hall–Kier alpha value is -4.11. The van der Waals surface area contributed by atoms with Crippen LogP contribution in [0.5, 0.6) is 0 Å². The molecule has 1 amide bonds. The fraction of sp³-hybridized carbons (Fsp3) is 0.447. The van der Waals surface area contributed by atoms with E-state index in [1.165, 1.54) is 49.8 Å². The highest BCUT2D eigenvalue weighted by molar-refractivity contribution is 8.17. The molecule has 0 spiro atoms. The number of ether oxygens (including phenoxy) is 1. The molecule has 0 atom stereocenters. The van der Waals surface area contributed by atoms with Crippen molar-refractivity contribution >= 4 is 45.5 Å². The average Bonchev–Trinajstić information content (AvgIpc) is 3.13. The molecule has 0 aliphatic carbocycles. The Morgan fingerprint density at radius 1 is 0.885 bits per heavy atom. The second kappa shape index (κ2) is 25.0. The van der Waals surface area contributed by atoms with E-state index in [4.69, 9.17) is 15.0 Å². The van der Waals surface area contributed by atoms with Crippen molar-refractivity contribution < 1.29 is 36.3 Å². The third-order valence-electron chi connectivity index (χ3n) is 7.85. The number of carbonyl (C=O) groups is 3. The molecule has 52 heavy (non-hydrogen) atoms. The molecule has 0 bridgehead atoms. The molecule has 12 nitrogen and oxygen atoms in total. The van der Waals surface area contributed by atoms with Crippen LogP contribution in [0.4, 0.5) is 5.82 Å². The number of nitrogens with two attached hydrogens (primary N) is 1. The molecular weight excluding hydrogens is 705 g/mol. The summed E-state index contributed by atoms with van der Waals surface area (Å²) in [5.41, 5.74) is 8.09. The van der Waals surface area contributed by atoms with E-state index in [2.05, 4.69) is 21.1 Å². The molecule has 1 aromatic heterocycles. The van der Waals surface area contributed by atoms with Crippen LogP contribution in [0, 0.1) is 6.92 Å². The molecule has 0 aliphatic rings. The van der Waals surface area contributed by atoms with Gasteiger partial charge in [-0.1, -0.05) is 113 Å². The number of unbranched alkanes of at least 4 members (excludes halogenated alkanes) is 9. The molecule has 0 aliphatic heterocycles. The number of aromatic nitrogens is 2. The molecule has 0 saturated heterocycles. The van der Waals surface area contributed by atoms with Crippen LogP contribution >= 0.6 is 11.8 Å². The average molecular weight is 757 g/mol. The molecule has 3 aromatic rings. The van der Waals surface area contributed by atoms with Crippen LogP contribution in [0.15, 0.2) is 77.5 Å². The third kappa shape index (κ3) is 18.4. The molecule has 3 N–H and O–H groups in total. The van der Waals surface area contributed by atoms with Crippen LogP contribution in [0.25, 0.3) is 0 Å². The standard InChI is InChI=1S/C26H26N4O4S.C12H26O4S/c1-18(30(17-31)16-22-15-28-19(2)29-24(22)27)23(35-26(33)21-11-7-4-8-12-21)13-14-34-25(32)20-9-5-3-6-10-20;1-2-3-4-5-6-7-8-9-10-11-12-16-17(13,14)15/h3-12,15,17H,13-14,16H2,1-2H3,(H2,27,28,29);2-12H2,1H3,(H,13,14,15)/b23-18-;. The number of thioether (sulfide) groups is 1. The molecular formula is C38H52N4O8S2. The first kappa shape index (κ1) is 44.1. The molecule has 14 heteroatoms. The number of anilines is 1. The summed E-state index contributed by atoms with van der Waals surface area (Å²) in [4.78, 5) is 47.6. The second-order valence-corrected chi connectivity index (χ2v) is 14.2. The fourth-order valence-corrected chi connectivity index (χ4v) is 6.17. The molecule has 0 fully saturated rings. The van der Waals surface area contributed by atoms with E-state index in [9.17, 15) is 22.8 Å². The maximum atomic E-state index is 12.9.